The quantitative estimate of drug-likeness (QED) is 0.763. The average Bonchev–Trinajstić information content (AvgIpc) is 2.74. The lowest BCUT2D eigenvalue weighted by Gasteiger charge is -2.02. The zero-order valence-electron chi connectivity index (χ0n) is 9.10. The number of hydrogen-bond acceptors (Lipinski definition) is 1. The first-order valence-corrected chi connectivity index (χ1v) is 5.82. The van der Waals surface area contributed by atoms with E-state index >= 15 is 0 Å². The molecule has 0 bridgehead atoms. The number of nitrogens with zero attached hydrogens (tertiary/aromatic N) is 2. The van der Waals surface area contributed by atoms with Crippen LogP contribution in [0.3, 0.4) is 0 Å². The van der Waals surface area contributed by atoms with Gasteiger partial charge >= 0.3 is 0 Å². The minimum Gasteiger partial charge on any atom is -0.231 e. The molecule has 0 N–H and O–H groups in total. The Morgan fingerprint density at radius 2 is 1.59 bits per heavy atom. The Morgan fingerprint density at radius 3 is 2.35 bits per heavy atom. The van der Waals surface area contributed by atoms with Gasteiger partial charge in [-0.2, -0.15) is 0 Å². The zero-order chi connectivity index (χ0) is 11.7. The second-order valence-corrected chi connectivity index (χ2v) is 4.30. The van der Waals surface area contributed by atoms with Gasteiger partial charge in [0.2, 0.25) is 0 Å². The molecule has 2 aromatic rings. The lowest BCUT2D eigenvalue weighted by atomic mass is 10.1. The monoisotopic (exact) mass is 241 g/mol. The highest BCUT2D eigenvalue weighted by atomic mass is 35.5. The van der Waals surface area contributed by atoms with Crippen molar-refractivity contribution in [1.82, 2.24) is 5.32 Å². The van der Waals surface area contributed by atoms with E-state index in [1.165, 1.54) is 0 Å². The Labute approximate surface area is 105 Å². The van der Waals surface area contributed by atoms with Crippen LogP contribution in [0.4, 0.5) is 11.4 Å². The lowest BCUT2D eigenvalue weighted by Crippen LogP contribution is -2.09. The maximum absolute atomic E-state index is 6.12. The number of fused-ring (bicyclic) bond motifs is 1. The first-order chi connectivity index (χ1) is 8.33. The van der Waals surface area contributed by atoms with Gasteiger partial charge in [0.15, 0.2) is 0 Å². The molecule has 2 nitrogen and oxygen atoms in total. The fraction of sp³-hybridized carbons (Fsp3) is 0.0714. The highest BCUT2D eigenvalue weighted by molar-refractivity contribution is 6.31. The van der Waals surface area contributed by atoms with Crippen molar-refractivity contribution in [3.8, 4) is 0 Å². The molecule has 83 valence electrons. The second kappa shape index (κ2) is 4.22. The van der Waals surface area contributed by atoms with Crippen molar-refractivity contribution < 1.29 is 0 Å². The van der Waals surface area contributed by atoms with Gasteiger partial charge in [-0.25, -0.2) is 10.3 Å². The molecule has 2 aromatic carbocycles. The van der Waals surface area contributed by atoms with E-state index in [1.807, 2.05) is 48.5 Å². The van der Waals surface area contributed by atoms with E-state index in [4.69, 9.17) is 11.6 Å². The van der Waals surface area contributed by atoms with Gasteiger partial charge in [0.25, 0.3) is 0 Å². The SMILES string of the molecule is Clc1ccccc1CC1=Nc2ccccc2[N]1. The van der Waals surface area contributed by atoms with Crippen molar-refractivity contribution in [3.63, 3.8) is 0 Å². The summed E-state index contributed by atoms with van der Waals surface area (Å²) in [7, 11) is 0. The van der Waals surface area contributed by atoms with Crippen molar-refractivity contribution in [2.45, 2.75) is 6.42 Å². The van der Waals surface area contributed by atoms with Gasteiger partial charge in [-0.15, -0.1) is 0 Å². The van der Waals surface area contributed by atoms with Crippen LogP contribution < -0.4 is 5.32 Å². The molecular weight excluding hydrogens is 232 g/mol. The molecule has 0 spiro atoms. The Morgan fingerprint density at radius 1 is 0.882 bits per heavy atom. The molecule has 17 heavy (non-hydrogen) atoms. The second-order valence-electron chi connectivity index (χ2n) is 3.90. The van der Waals surface area contributed by atoms with Gasteiger partial charge in [0.05, 0.1) is 11.4 Å². The van der Waals surface area contributed by atoms with Crippen LogP contribution in [0, 0.1) is 0 Å². The molecular formula is C14H10ClN2. The summed E-state index contributed by atoms with van der Waals surface area (Å²) in [5.74, 6) is 0.819. The molecule has 0 atom stereocenters. The summed E-state index contributed by atoms with van der Waals surface area (Å²) in [5, 5.41) is 5.24. The van der Waals surface area contributed by atoms with Crippen LogP contribution in [-0.4, -0.2) is 5.84 Å². The third-order valence-corrected chi connectivity index (χ3v) is 3.06. The molecule has 1 heterocycles. The fourth-order valence-corrected chi connectivity index (χ4v) is 2.05. The fourth-order valence-electron chi connectivity index (χ4n) is 1.85. The lowest BCUT2D eigenvalue weighted by molar-refractivity contribution is 1.20. The predicted octanol–water partition coefficient (Wildman–Crippen LogP) is 3.86. The predicted molar refractivity (Wildman–Crippen MR) is 70.5 cm³/mol. The van der Waals surface area contributed by atoms with Gasteiger partial charge in [0, 0.05) is 11.4 Å². The van der Waals surface area contributed by atoms with Crippen molar-refractivity contribution in [3.05, 3.63) is 59.1 Å². The van der Waals surface area contributed by atoms with E-state index in [0.717, 1.165) is 27.8 Å². The molecule has 0 aromatic heterocycles. The molecule has 3 rings (SSSR count). The summed E-state index contributed by atoms with van der Waals surface area (Å²) in [5.41, 5.74) is 2.94. The van der Waals surface area contributed by atoms with Crippen LogP contribution in [0.15, 0.2) is 53.5 Å². The minimum atomic E-state index is 0.675. The smallest absolute Gasteiger partial charge is 0.134 e. The van der Waals surface area contributed by atoms with Gasteiger partial charge in [0.1, 0.15) is 5.84 Å². The minimum absolute atomic E-state index is 0.675. The number of rotatable bonds is 2. The summed E-state index contributed by atoms with van der Waals surface area (Å²) < 4.78 is 0. The van der Waals surface area contributed by atoms with Gasteiger partial charge in [-0.3, -0.25) is 0 Å². The molecule has 0 saturated carbocycles. The summed E-state index contributed by atoms with van der Waals surface area (Å²) in [6.45, 7) is 0. The molecule has 1 aliphatic rings. The van der Waals surface area contributed by atoms with Gasteiger partial charge < -0.3 is 0 Å². The standard InChI is InChI=1S/C14H10ClN2/c15-11-6-2-1-5-10(11)9-14-16-12-7-3-4-8-13(12)17-14/h1-8H,9H2. The number of aliphatic imine (C=N–C) groups is 1. The average molecular weight is 242 g/mol. The van der Waals surface area contributed by atoms with Gasteiger partial charge in [-0.05, 0) is 23.8 Å². The number of hydrogen-bond donors (Lipinski definition) is 0. The van der Waals surface area contributed by atoms with Crippen LogP contribution in [0.5, 0.6) is 0 Å². The molecule has 0 aliphatic carbocycles. The van der Waals surface area contributed by atoms with E-state index in [2.05, 4.69) is 10.3 Å². The summed E-state index contributed by atoms with van der Waals surface area (Å²) >= 11 is 6.12. The molecule has 0 saturated heterocycles. The van der Waals surface area contributed by atoms with Crippen LogP contribution in [0.25, 0.3) is 0 Å². The van der Waals surface area contributed by atoms with Crippen LogP contribution in [0.1, 0.15) is 5.56 Å². The van der Waals surface area contributed by atoms with Crippen LogP contribution >= 0.6 is 11.6 Å². The van der Waals surface area contributed by atoms with Crippen LogP contribution in [0.2, 0.25) is 5.02 Å². The Bertz CT molecular complexity index is 590. The van der Waals surface area contributed by atoms with Crippen molar-refractivity contribution in [2.24, 2.45) is 4.99 Å². The Kier molecular flexibility index (Phi) is 2.57. The first kappa shape index (κ1) is 10.4. The largest absolute Gasteiger partial charge is 0.231 e. The number of halogens is 1. The zero-order valence-corrected chi connectivity index (χ0v) is 9.85. The molecule has 1 aliphatic heterocycles. The van der Waals surface area contributed by atoms with Crippen molar-refractivity contribution in [1.29, 1.82) is 0 Å². The van der Waals surface area contributed by atoms with E-state index in [1.54, 1.807) is 0 Å². The number of para-hydroxylation sites is 2. The Hall–Kier alpha value is -1.80. The third-order valence-electron chi connectivity index (χ3n) is 2.69. The van der Waals surface area contributed by atoms with Crippen molar-refractivity contribution >= 4 is 28.8 Å². The molecule has 0 amide bonds. The number of benzene rings is 2. The number of amidine groups is 1. The highest BCUT2D eigenvalue weighted by Crippen LogP contribution is 2.30. The maximum atomic E-state index is 6.12. The van der Waals surface area contributed by atoms with E-state index < -0.39 is 0 Å². The first-order valence-electron chi connectivity index (χ1n) is 5.45. The topological polar surface area (TPSA) is 26.5 Å². The Balaban J connectivity index is 1.84. The molecule has 1 radical (unpaired) electrons. The maximum Gasteiger partial charge on any atom is 0.134 e. The summed E-state index contributed by atoms with van der Waals surface area (Å²) in [6.07, 6.45) is 0.675. The molecule has 3 heteroatoms. The summed E-state index contributed by atoms with van der Waals surface area (Å²) in [4.78, 5) is 4.48. The van der Waals surface area contributed by atoms with E-state index in [9.17, 15) is 0 Å². The highest BCUT2D eigenvalue weighted by Gasteiger charge is 2.15. The third kappa shape index (κ3) is 2.04. The summed E-state index contributed by atoms with van der Waals surface area (Å²) in [6, 6.07) is 15.7. The van der Waals surface area contributed by atoms with Gasteiger partial charge in [-0.1, -0.05) is 41.9 Å². The van der Waals surface area contributed by atoms with Crippen LogP contribution in [-0.2, 0) is 6.42 Å². The molecule has 0 unspecified atom stereocenters. The van der Waals surface area contributed by atoms with E-state index in [0.29, 0.717) is 6.42 Å². The molecule has 0 fully saturated rings. The normalized spacial score (nSPS) is 12.9. The van der Waals surface area contributed by atoms with E-state index in [-0.39, 0.29) is 0 Å². The van der Waals surface area contributed by atoms with Crippen molar-refractivity contribution in [2.75, 3.05) is 0 Å².